The zero-order valence-electron chi connectivity index (χ0n) is 12.7. The van der Waals surface area contributed by atoms with E-state index >= 15 is 0 Å². The Hall–Kier alpha value is -2.28. The Balaban J connectivity index is 2.50. The molecule has 2 aromatic rings. The van der Waals surface area contributed by atoms with E-state index in [2.05, 4.69) is 16.0 Å². The third-order valence-corrected chi connectivity index (χ3v) is 3.71. The van der Waals surface area contributed by atoms with Crippen LogP contribution in [0, 0.1) is 17.1 Å². The first kappa shape index (κ1) is 15.1. The van der Waals surface area contributed by atoms with Gasteiger partial charge in [0.25, 0.3) is 0 Å². The maximum absolute atomic E-state index is 14.4. The smallest absolute Gasteiger partial charge is 0.145 e. The predicted molar refractivity (Wildman–Crippen MR) is 79.4 cm³/mol. The monoisotopic (exact) mass is 283 g/mol. The lowest BCUT2D eigenvalue weighted by Gasteiger charge is -2.25. The summed E-state index contributed by atoms with van der Waals surface area (Å²) >= 11 is 0. The Bertz CT molecular complexity index is 699. The van der Waals surface area contributed by atoms with Crippen LogP contribution >= 0.6 is 0 Å². The molecule has 2 aromatic heterocycles. The van der Waals surface area contributed by atoms with Gasteiger partial charge in [0, 0.05) is 24.0 Å². The van der Waals surface area contributed by atoms with Crippen LogP contribution in [0.1, 0.15) is 56.0 Å². The van der Waals surface area contributed by atoms with Gasteiger partial charge in [-0.05, 0) is 43.0 Å². The standard InChI is InChI=1S/C17H18FN3/c1-11(2)13-6-15(18)16(21-9-13)17(3,4)14-5-12(7-19)8-20-10-14/h5-6,8-11H,1-4H3. The van der Waals surface area contributed by atoms with E-state index in [1.165, 1.54) is 12.3 Å². The number of rotatable bonds is 3. The summed E-state index contributed by atoms with van der Waals surface area (Å²) in [5.41, 5.74) is 1.81. The van der Waals surface area contributed by atoms with Crippen molar-refractivity contribution in [3.8, 4) is 6.07 Å². The van der Waals surface area contributed by atoms with Crippen LogP contribution in [0.3, 0.4) is 0 Å². The van der Waals surface area contributed by atoms with Crippen LogP contribution in [-0.2, 0) is 5.41 Å². The minimum absolute atomic E-state index is 0.229. The van der Waals surface area contributed by atoms with E-state index in [9.17, 15) is 4.39 Å². The van der Waals surface area contributed by atoms with Gasteiger partial charge in [-0.3, -0.25) is 9.97 Å². The van der Waals surface area contributed by atoms with Crippen LogP contribution in [0.5, 0.6) is 0 Å². The lowest BCUT2D eigenvalue weighted by atomic mass is 9.81. The van der Waals surface area contributed by atoms with Gasteiger partial charge in [0.2, 0.25) is 0 Å². The molecule has 2 heterocycles. The molecule has 0 aliphatic carbocycles. The Morgan fingerprint density at radius 3 is 2.48 bits per heavy atom. The maximum atomic E-state index is 14.4. The zero-order valence-corrected chi connectivity index (χ0v) is 12.7. The first-order chi connectivity index (χ1) is 9.86. The van der Waals surface area contributed by atoms with Gasteiger partial charge in [-0.1, -0.05) is 13.8 Å². The normalized spacial score (nSPS) is 11.5. The molecule has 0 aromatic carbocycles. The fourth-order valence-electron chi connectivity index (χ4n) is 2.21. The maximum Gasteiger partial charge on any atom is 0.145 e. The molecule has 0 saturated heterocycles. The summed E-state index contributed by atoms with van der Waals surface area (Å²) in [5, 5.41) is 8.97. The molecule has 0 aliphatic heterocycles. The van der Waals surface area contributed by atoms with Crippen molar-refractivity contribution in [1.29, 1.82) is 5.26 Å². The molecule has 0 N–H and O–H groups in total. The molecule has 0 fully saturated rings. The second-order valence-electron chi connectivity index (χ2n) is 5.95. The summed E-state index contributed by atoms with van der Waals surface area (Å²) in [4.78, 5) is 8.37. The first-order valence-electron chi connectivity index (χ1n) is 6.87. The van der Waals surface area contributed by atoms with Crippen LogP contribution in [0.4, 0.5) is 4.39 Å². The van der Waals surface area contributed by atoms with Gasteiger partial charge >= 0.3 is 0 Å². The molecule has 0 spiro atoms. The molecule has 0 amide bonds. The van der Waals surface area contributed by atoms with Crippen molar-refractivity contribution >= 4 is 0 Å². The van der Waals surface area contributed by atoms with E-state index < -0.39 is 5.41 Å². The third kappa shape index (κ3) is 2.92. The van der Waals surface area contributed by atoms with Crippen molar-refractivity contribution < 1.29 is 4.39 Å². The van der Waals surface area contributed by atoms with Crippen molar-refractivity contribution in [3.05, 3.63) is 58.9 Å². The summed E-state index contributed by atoms with van der Waals surface area (Å²) in [6.45, 7) is 7.76. The van der Waals surface area contributed by atoms with E-state index in [-0.39, 0.29) is 11.7 Å². The Kier molecular flexibility index (Phi) is 4.04. The SMILES string of the molecule is CC(C)c1cnc(C(C)(C)c2cncc(C#N)c2)c(F)c1. The first-order valence-corrected chi connectivity index (χ1v) is 6.87. The minimum Gasteiger partial charge on any atom is -0.263 e. The molecule has 0 aliphatic rings. The number of halogens is 1. The molecule has 3 nitrogen and oxygen atoms in total. The molecule has 0 atom stereocenters. The summed E-state index contributed by atoms with van der Waals surface area (Å²) in [7, 11) is 0. The third-order valence-electron chi connectivity index (χ3n) is 3.71. The molecule has 2 rings (SSSR count). The fraction of sp³-hybridized carbons (Fsp3) is 0.353. The zero-order chi connectivity index (χ0) is 15.6. The van der Waals surface area contributed by atoms with E-state index in [1.54, 1.807) is 18.5 Å². The van der Waals surface area contributed by atoms with Crippen molar-refractivity contribution in [2.24, 2.45) is 0 Å². The molecule has 108 valence electrons. The Labute approximate surface area is 124 Å². The van der Waals surface area contributed by atoms with Gasteiger partial charge < -0.3 is 0 Å². The second-order valence-corrected chi connectivity index (χ2v) is 5.95. The van der Waals surface area contributed by atoms with Gasteiger partial charge in [-0.15, -0.1) is 0 Å². The highest BCUT2D eigenvalue weighted by molar-refractivity contribution is 5.38. The molecule has 0 radical (unpaired) electrons. The van der Waals surface area contributed by atoms with Crippen molar-refractivity contribution in [3.63, 3.8) is 0 Å². The van der Waals surface area contributed by atoms with Crippen LogP contribution in [-0.4, -0.2) is 9.97 Å². The fourth-order valence-corrected chi connectivity index (χ4v) is 2.21. The number of nitrogens with zero attached hydrogens (tertiary/aromatic N) is 3. The number of nitriles is 1. The van der Waals surface area contributed by atoms with Crippen LogP contribution < -0.4 is 0 Å². The van der Waals surface area contributed by atoms with Crippen molar-refractivity contribution in [1.82, 2.24) is 9.97 Å². The minimum atomic E-state index is -0.653. The van der Waals surface area contributed by atoms with Crippen LogP contribution in [0.25, 0.3) is 0 Å². The highest BCUT2D eigenvalue weighted by Gasteiger charge is 2.29. The molecular formula is C17H18FN3. The Morgan fingerprint density at radius 1 is 1.19 bits per heavy atom. The highest BCUT2D eigenvalue weighted by Crippen LogP contribution is 2.32. The summed E-state index contributed by atoms with van der Waals surface area (Å²) in [5.74, 6) is -0.0960. The number of hydrogen-bond acceptors (Lipinski definition) is 3. The van der Waals surface area contributed by atoms with Gasteiger partial charge in [0.05, 0.1) is 11.3 Å². The average Bonchev–Trinajstić information content (AvgIpc) is 2.46. The number of aromatic nitrogens is 2. The van der Waals surface area contributed by atoms with Crippen LogP contribution in [0.15, 0.2) is 30.7 Å². The molecule has 0 unspecified atom stereocenters. The number of hydrogen-bond donors (Lipinski definition) is 0. The van der Waals surface area contributed by atoms with Gasteiger partial charge in [0.15, 0.2) is 0 Å². The topological polar surface area (TPSA) is 49.6 Å². The molecule has 4 heteroatoms. The van der Waals surface area contributed by atoms with Gasteiger partial charge in [-0.25, -0.2) is 4.39 Å². The van der Waals surface area contributed by atoms with Gasteiger partial charge in [0.1, 0.15) is 11.9 Å². The van der Waals surface area contributed by atoms with Crippen LogP contribution in [0.2, 0.25) is 0 Å². The summed E-state index contributed by atoms with van der Waals surface area (Å²) in [6.07, 6.45) is 4.86. The van der Waals surface area contributed by atoms with E-state index in [1.807, 2.05) is 27.7 Å². The lowest BCUT2D eigenvalue weighted by Crippen LogP contribution is -2.23. The van der Waals surface area contributed by atoms with Crippen molar-refractivity contribution in [2.75, 3.05) is 0 Å². The van der Waals surface area contributed by atoms with E-state index in [0.717, 1.165) is 11.1 Å². The Morgan fingerprint density at radius 2 is 1.90 bits per heavy atom. The largest absolute Gasteiger partial charge is 0.263 e. The molecule has 0 bridgehead atoms. The van der Waals surface area contributed by atoms with Gasteiger partial charge in [-0.2, -0.15) is 5.26 Å². The quantitative estimate of drug-likeness (QED) is 0.857. The molecule has 0 saturated carbocycles. The average molecular weight is 283 g/mol. The van der Waals surface area contributed by atoms with E-state index in [0.29, 0.717) is 11.3 Å². The van der Waals surface area contributed by atoms with Crippen molar-refractivity contribution in [2.45, 2.75) is 39.0 Å². The summed E-state index contributed by atoms with van der Waals surface area (Å²) < 4.78 is 14.4. The second kappa shape index (κ2) is 5.61. The predicted octanol–water partition coefficient (Wildman–Crippen LogP) is 3.94. The number of pyridine rings is 2. The molecule has 21 heavy (non-hydrogen) atoms. The lowest BCUT2D eigenvalue weighted by molar-refractivity contribution is 0.524. The summed E-state index contributed by atoms with van der Waals surface area (Å²) in [6, 6.07) is 5.32. The van der Waals surface area contributed by atoms with E-state index in [4.69, 9.17) is 5.26 Å². The molecular weight excluding hydrogens is 265 g/mol. The highest BCUT2D eigenvalue weighted by atomic mass is 19.1.